The average Bonchev–Trinajstić information content (AvgIpc) is 2.36. The van der Waals surface area contributed by atoms with Crippen molar-refractivity contribution < 1.29 is 33.5 Å². The Kier molecular flexibility index (Phi) is 8.54. The Morgan fingerprint density at radius 1 is 1.32 bits per heavy atom. The van der Waals surface area contributed by atoms with Crippen molar-refractivity contribution in [1.82, 2.24) is 4.90 Å². The van der Waals surface area contributed by atoms with Crippen molar-refractivity contribution in [3.05, 3.63) is 24.3 Å². The topological polar surface area (TPSA) is 41.6 Å². The number of carbonyl (C=O) groups excluding carboxylic acids is 1. The number of hydrogen-bond donors (Lipinski definition) is 1. The number of nitrogens with one attached hydrogen (secondary N) is 1. The molecule has 0 saturated carbocycles. The fourth-order valence-electron chi connectivity index (χ4n) is 1.57. The van der Waals surface area contributed by atoms with Crippen LogP contribution in [0.25, 0.3) is 0 Å². The Labute approximate surface area is 132 Å². The third-order valence-electron chi connectivity index (χ3n) is 2.76. The van der Waals surface area contributed by atoms with E-state index in [-0.39, 0.29) is 30.1 Å². The Morgan fingerprint density at radius 3 is 2.47 bits per heavy atom. The van der Waals surface area contributed by atoms with Gasteiger partial charge in [0.05, 0.1) is 0 Å². The highest BCUT2D eigenvalue weighted by Crippen LogP contribution is 2.19. The van der Waals surface area contributed by atoms with E-state index in [4.69, 9.17) is 4.74 Å². The highest BCUT2D eigenvalue weighted by Gasteiger charge is 2.08. The summed E-state index contributed by atoms with van der Waals surface area (Å²) in [6.45, 7) is 4.30. The van der Waals surface area contributed by atoms with Crippen LogP contribution in [0.4, 0.5) is 10.5 Å². The molecule has 4 nitrogen and oxygen atoms in total. The molecule has 0 atom stereocenters. The predicted molar refractivity (Wildman–Crippen MR) is 74.1 cm³/mol. The van der Waals surface area contributed by atoms with Crippen molar-refractivity contribution in [3.63, 3.8) is 0 Å². The molecule has 0 aromatic heterocycles. The first-order valence-electron chi connectivity index (χ1n) is 6.32. The third-order valence-corrected chi connectivity index (χ3v) is 2.76. The second-order valence-corrected chi connectivity index (χ2v) is 4.45. The number of rotatable bonds is 5. The maximum atomic E-state index is 11.4. The van der Waals surface area contributed by atoms with Crippen LogP contribution in [-0.4, -0.2) is 31.1 Å². The van der Waals surface area contributed by atoms with Crippen LogP contribution >= 0.6 is 0 Å². The molecule has 0 bridgehead atoms. The lowest BCUT2D eigenvalue weighted by Crippen LogP contribution is -3.00. The number of anilines is 1. The summed E-state index contributed by atoms with van der Waals surface area (Å²) in [5, 5.41) is 3.42. The van der Waals surface area contributed by atoms with Gasteiger partial charge in [-0.2, -0.15) is 0 Å². The van der Waals surface area contributed by atoms with E-state index in [0.29, 0.717) is 11.8 Å². The standard InChI is InChI=1S/C14H22N2O2.HI/c1-5-11(6-2)15-12-8-7-9-13(10-12)18-14(17)16(3)4;/h7-11,15H,5-6H2,1-4H3;1H/p-1. The molecule has 1 N–H and O–H groups in total. The van der Waals surface area contributed by atoms with Crippen LogP contribution in [0.15, 0.2) is 24.3 Å². The van der Waals surface area contributed by atoms with Crippen molar-refractivity contribution in [1.29, 1.82) is 0 Å². The normalized spacial score (nSPS) is 9.74. The van der Waals surface area contributed by atoms with Gasteiger partial charge in [0.2, 0.25) is 0 Å². The quantitative estimate of drug-likeness (QED) is 0.754. The van der Waals surface area contributed by atoms with Crippen molar-refractivity contribution in [2.45, 2.75) is 32.7 Å². The van der Waals surface area contributed by atoms with Gasteiger partial charge >= 0.3 is 6.09 Å². The molecule has 0 unspecified atom stereocenters. The second kappa shape index (κ2) is 9.01. The Balaban J connectivity index is 0.00000324. The number of carbonyl (C=O) groups is 1. The van der Waals surface area contributed by atoms with Gasteiger partial charge in [-0.3, -0.25) is 0 Å². The van der Waals surface area contributed by atoms with Crippen molar-refractivity contribution in [2.75, 3.05) is 19.4 Å². The Morgan fingerprint density at radius 2 is 1.95 bits per heavy atom. The van der Waals surface area contributed by atoms with Gasteiger partial charge in [0.1, 0.15) is 5.75 Å². The number of halogens is 1. The van der Waals surface area contributed by atoms with E-state index in [2.05, 4.69) is 19.2 Å². The zero-order valence-corrected chi connectivity index (χ0v) is 14.1. The Bertz CT molecular complexity index is 393. The van der Waals surface area contributed by atoms with Crippen LogP contribution in [-0.2, 0) is 0 Å². The van der Waals surface area contributed by atoms with E-state index in [1.165, 1.54) is 4.90 Å². The van der Waals surface area contributed by atoms with Crippen LogP contribution in [0, 0.1) is 0 Å². The first-order chi connectivity index (χ1) is 8.56. The lowest BCUT2D eigenvalue weighted by atomic mass is 10.1. The maximum absolute atomic E-state index is 11.4. The molecule has 0 spiro atoms. The van der Waals surface area contributed by atoms with E-state index in [1.807, 2.05) is 18.2 Å². The number of benzene rings is 1. The molecule has 0 aliphatic carbocycles. The molecule has 1 amide bonds. The lowest BCUT2D eigenvalue weighted by molar-refractivity contribution is -0.00000901. The van der Waals surface area contributed by atoms with Crippen molar-refractivity contribution in [2.24, 2.45) is 0 Å². The molecule has 0 radical (unpaired) electrons. The van der Waals surface area contributed by atoms with Gasteiger partial charge in [0.25, 0.3) is 0 Å². The van der Waals surface area contributed by atoms with Crippen LogP contribution in [0.1, 0.15) is 26.7 Å². The monoisotopic (exact) mass is 377 g/mol. The number of ether oxygens (including phenoxy) is 1. The number of amides is 1. The largest absolute Gasteiger partial charge is 1.00 e. The van der Waals surface area contributed by atoms with Gasteiger partial charge < -0.3 is 38.9 Å². The molecular weight excluding hydrogens is 355 g/mol. The minimum absolute atomic E-state index is 0. The smallest absolute Gasteiger partial charge is 0.414 e. The van der Waals surface area contributed by atoms with Crippen LogP contribution in [0.2, 0.25) is 0 Å². The summed E-state index contributed by atoms with van der Waals surface area (Å²) in [6.07, 6.45) is 1.77. The first-order valence-corrected chi connectivity index (χ1v) is 6.32. The lowest BCUT2D eigenvalue weighted by Gasteiger charge is -2.17. The minimum Gasteiger partial charge on any atom is -1.00 e. The summed E-state index contributed by atoms with van der Waals surface area (Å²) in [5.41, 5.74) is 0.979. The maximum Gasteiger partial charge on any atom is 0.414 e. The van der Waals surface area contributed by atoms with E-state index in [9.17, 15) is 4.79 Å². The molecule has 1 aromatic rings. The van der Waals surface area contributed by atoms with E-state index in [1.54, 1.807) is 20.2 Å². The fourth-order valence-corrected chi connectivity index (χ4v) is 1.57. The molecule has 19 heavy (non-hydrogen) atoms. The molecule has 0 saturated heterocycles. The third kappa shape index (κ3) is 6.13. The zero-order chi connectivity index (χ0) is 13.5. The van der Waals surface area contributed by atoms with Gasteiger partial charge in [-0.25, -0.2) is 4.79 Å². The summed E-state index contributed by atoms with van der Waals surface area (Å²) in [5.74, 6) is 0.560. The molecule has 0 heterocycles. The summed E-state index contributed by atoms with van der Waals surface area (Å²) in [7, 11) is 3.32. The summed E-state index contributed by atoms with van der Waals surface area (Å²) in [6, 6.07) is 7.93. The number of nitrogens with zero attached hydrogens (tertiary/aromatic N) is 1. The summed E-state index contributed by atoms with van der Waals surface area (Å²) >= 11 is 0. The zero-order valence-electron chi connectivity index (χ0n) is 11.9. The van der Waals surface area contributed by atoms with Gasteiger partial charge in [-0.05, 0) is 25.0 Å². The molecule has 5 heteroatoms. The highest BCUT2D eigenvalue weighted by molar-refractivity contribution is 5.70. The molecular formula is C14H22IN2O2-. The van der Waals surface area contributed by atoms with Crippen LogP contribution in [0.3, 0.4) is 0 Å². The molecule has 0 fully saturated rings. The predicted octanol–water partition coefficient (Wildman–Crippen LogP) is 0.352. The summed E-state index contributed by atoms with van der Waals surface area (Å²) in [4.78, 5) is 12.8. The average molecular weight is 377 g/mol. The SMILES string of the molecule is CCC(CC)Nc1cccc(OC(=O)N(C)C)c1.[I-]. The molecule has 1 rings (SSSR count). The van der Waals surface area contributed by atoms with E-state index < -0.39 is 0 Å². The Hall–Kier alpha value is -0.980. The highest BCUT2D eigenvalue weighted by atomic mass is 127. The number of hydrogen-bond acceptors (Lipinski definition) is 3. The van der Waals surface area contributed by atoms with Crippen LogP contribution < -0.4 is 34.0 Å². The molecule has 1 aromatic carbocycles. The van der Waals surface area contributed by atoms with Gasteiger partial charge in [-0.1, -0.05) is 19.9 Å². The van der Waals surface area contributed by atoms with Crippen molar-refractivity contribution in [3.8, 4) is 5.75 Å². The van der Waals surface area contributed by atoms with Gasteiger partial charge in [0, 0.05) is 31.9 Å². The molecule has 0 aliphatic heterocycles. The molecule has 0 aliphatic rings. The fraction of sp³-hybridized carbons (Fsp3) is 0.500. The minimum atomic E-state index is -0.366. The first kappa shape index (κ1) is 18.0. The molecule has 108 valence electrons. The van der Waals surface area contributed by atoms with E-state index in [0.717, 1.165) is 18.5 Å². The van der Waals surface area contributed by atoms with E-state index >= 15 is 0 Å². The second-order valence-electron chi connectivity index (χ2n) is 4.45. The van der Waals surface area contributed by atoms with Crippen molar-refractivity contribution >= 4 is 11.8 Å². The van der Waals surface area contributed by atoms with Gasteiger partial charge in [-0.15, -0.1) is 0 Å². The van der Waals surface area contributed by atoms with Crippen LogP contribution in [0.5, 0.6) is 5.75 Å². The van der Waals surface area contributed by atoms with Gasteiger partial charge in [0.15, 0.2) is 0 Å². The summed E-state index contributed by atoms with van der Waals surface area (Å²) < 4.78 is 5.21.